The van der Waals surface area contributed by atoms with Gasteiger partial charge in [0.15, 0.2) is 0 Å². The number of hydrogen-bond acceptors (Lipinski definition) is 5. The molecule has 0 aliphatic heterocycles. The first kappa shape index (κ1) is 16.1. The fraction of sp³-hybridized carbons (Fsp3) is 0.167. The minimum absolute atomic E-state index is 0.0455. The van der Waals surface area contributed by atoms with Crippen molar-refractivity contribution in [2.75, 3.05) is 12.4 Å². The van der Waals surface area contributed by atoms with Crippen molar-refractivity contribution < 1.29 is 14.3 Å². The lowest BCUT2D eigenvalue weighted by Gasteiger charge is -2.06. The van der Waals surface area contributed by atoms with Gasteiger partial charge in [-0.05, 0) is 53.8 Å². The third-order valence-electron chi connectivity index (χ3n) is 3.66. The molecule has 3 aromatic rings. The molecule has 0 fully saturated rings. The summed E-state index contributed by atoms with van der Waals surface area (Å²) in [6, 6.07) is 12.8. The van der Waals surface area contributed by atoms with E-state index in [2.05, 4.69) is 14.4 Å². The number of aromatic nitrogens is 1. The van der Waals surface area contributed by atoms with Crippen molar-refractivity contribution in [1.29, 1.82) is 0 Å². The van der Waals surface area contributed by atoms with Crippen LogP contribution in [0.2, 0.25) is 0 Å². The summed E-state index contributed by atoms with van der Waals surface area (Å²) in [7, 11) is 1.35. The van der Waals surface area contributed by atoms with Crippen LogP contribution in [0.1, 0.15) is 22.3 Å². The first-order valence-electron chi connectivity index (χ1n) is 7.47. The maximum atomic E-state index is 12.1. The summed E-state index contributed by atoms with van der Waals surface area (Å²) in [6.45, 7) is 0. The van der Waals surface area contributed by atoms with Crippen LogP contribution in [0.3, 0.4) is 0 Å². The molecule has 122 valence electrons. The highest BCUT2D eigenvalue weighted by molar-refractivity contribution is 7.13. The van der Waals surface area contributed by atoms with Gasteiger partial charge in [-0.2, -0.15) is 4.37 Å². The molecule has 0 saturated carbocycles. The van der Waals surface area contributed by atoms with E-state index in [0.717, 1.165) is 21.3 Å². The second-order valence-electron chi connectivity index (χ2n) is 5.32. The predicted octanol–water partition coefficient (Wildman–Crippen LogP) is 3.65. The monoisotopic (exact) mass is 340 g/mol. The van der Waals surface area contributed by atoms with Gasteiger partial charge in [0.05, 0.1) is 17.4 Å². The number of benzene rings is 2. The Morgan fingerprint density at radius 2 is 1.96 bits per heavy atom. The molecule has 1 N–H and O–H groups in total. The van der Waals surface area contributed by atoms with E-state index < -0.39 is 0 Å². The zero-order valence-electron chi connectivity index (χ0n) is 13.1. The SMILES string of the molecule is COC(=O)c1ccc(CCC(=O)Nc2ccc3cnsc3c2)cc1. The second kappa shape index (κ2) is 7.23. The first-order chi connectivity index (χ1) is 11.7. The number of methoxy groups -OCH3 is 1. The maximum Gasteiger partial charge on any atom is 0.337 e. The van der Waals surface area contributed by atoms with Crippen molar-refractivity contribution in [3.8, 4) is 0 Å². The maximum absolute atomic E-state index is 12.1. The van der Waals surface area contributed by atoms with Crippen molar-refractivity contribution in [2.45, 2.75) is 12.8 Å². The molecule has 0 atom stereocenters. The number of anilines is 1. The van der Waals surface area contributed by atoms with Crippen LogP contribution in [0.4, 0.5) is 5.69 Å². The molecule has 0 aliphatic carbocycles. The average Bonchev–Trinajstić information content (AvgIpc) is 3.07. The zero-order chi connectivity index (χ0) is 16.9. The number of carbonyl (C=O) groups is 2. The van der Waals surface area contributed by atoms with Gasteiger partial charge in [-0.15, -0.1) is 0 Å². The van der Waals surface area contributed by atoms with Gasteiger partial charge in [0.25, 0.3) is 0 Å². The van der Waals surface area contributed by atoms with Gasteiger partial charge in [0, 0.05) is 23.7 Å². The molecule has 0 aliphatic rings. The van der Waals surface area contributed by atoms with E-state index in [9.17, 15) is 9.59 Å². The minimum atomic E-state index is -0.363. The quantitative estimate of drug-likeness (QED) is 0.720. The first-order valence-corrected chi connectivity index (χ1v) is 8.24. The van der Waals surface area contributed by atoms with E-state index in [-0.39, 0.29) is 11.9 Å². The zero-order valence-corrected chi connectivity index (χ0v) is 13.9. The second-order valence-corrected chi connectivity index (χ2v) is 6.15. The summed E-state index contributed by atoms with van der Waals surface area (Å²) in [5.74, 6) is -0.409. The number of aryl methyl sites for hydroxylation is 1. The van der Waals surface area contributed by atoms with E-state index in [1.54, 1.807) is 12.1 Å². The van der Waals surface area contributed by atoms with E-state index in [0.29, 0.717) is 18.4 Å². The van der Waals surface area contributed by atoms with Crippen LogP contribution >= 0.6 is 11.5 Å². The number of carbonyl (C=O) groups excluding carboxylic acids is 2. The van der Waals surface area contributed by atoms with Crippen molar-refractivity contribution in [3.63, 3.8) is 0 Å². The van der Waals surface area contributed by atoms with Crippen molar-refractivity contribution >= 4 is 39.2 Å². The number of ether oxygens (including phenoxy) is 1. The molecule has 24 heavy (non-hydrogen) atoms. The highest BCUT2D eigenvalue weighted by Gasteiger charge is 2.07. The lowest BCUT2D eigenvalue weighted by molar-refractivity contribution is -0.116. The molecule has 5 nitrogen and oxygen atoms in total. The van der Waals surface area contributed by atoms with Gasteiger partial charge in [0.2, 0.25) is 5.91 Å². The average molecular weight is 340 g/mol. The number of amides is 1. The Morgan fingerprint density at radius 3 is 2.71 bits per heavy atom. The Kier molecular flexibility index (Phi) is 4.86. The summed E-state index contributed by atoms with van der Waals surface area (Å²) in [5.41, 5.74) is 2.28. The predicted molar refractivity (Wildman–Crippen MR) is 94.4 cm³/mol. The molecular formula is C18H16N2O3S. The molecule has 3 rings (SSSR count). The molecule has 1 heterocycles. The fourth-order valence-electron chi connectivity index (χ4n) is 2.34. The smallest absolute Gasteiger partial charge is 0.337 e. The fourth-order valence-corrected chi connectivity index (χ4v) is 3.03. The molecule has 6 heteroatoms. The van der Waals surface area contributed by atoms with Crippen LogP contribution in [-0.2, 0) is 16.0 Å². The van der Waals surface area contributed by atoms with Gasteiger partial charge in [-0.3, -0.25) is 4.79 Å². The van der Waals surface area contributed by atoms with Gasteiger partial charge >= 0.3 is 5.97 Å². The van der Waals surface area contributed by atoms with E-state index in [1.807, 2.05) is 36.5 Å². The highest BCUT2D eigenvalue weighted by atomic mass is 32.1. The Labute approximate surface area is 143 Å². The normalized spacial score (nSPS) is 10.5. The van der Waals surface area contributed by atoms with Crippen molar-refractivity contribution in [1.82, 2.24) is 4.37 Å². The van der Waals surface area contributed by atoms with Crippen molar-refractivity contribution in [3.05, 3.63) is 59.8 Å². The Morgan fingerprint density at radius 1 is 1.17 bits per heavy atom. The van der Waals surface area contributed by atoms with Crippen LogP contribution in [0.15, 0.2) is 48.7 Å². The van der Waals surface area contributed by atoms with Crippen LogP contribution in [0.25, 0.3) is 10.1 Å². The van der Waals surface area contributed by atoms with Crippen molar-refractivity contribution in [2.24, 2.45) is 0 Å². The molecule has 1 aromatic heterocycles. The summed E-state index contributed by atoms with van der Waals surface area (Å²) >= 11 is 1.41. The molecular weight excluding hydrogens is 324 g/mol. The van der Waals surface area contributed by atoms with Gasteiger partial charge in [-0.1, -0.05) is 12.1 Å². The van der Waals surface area contributed by atoms with E-state index in [4.69, 9.17) is 0 Å². The summed E-state index contributed by atoms with van der Waals surface area (Å²) in [4.78, 5) is 23.5. The van der Waals surface area contributed by atoms with E-state index in [1.165, 1.54) is 18.6 Å². The summed E-state index contributed by atoms with van der Waals surface area (Å²) in [5, 5.41) is 3.97. The Hall–Kier alpha value is -2.73. The Balaban J connectivity index is 1.56. The van der Waals surface area contributed by atoms with Crippen LogP contribution < -0.4 is 5.32 Å². The standard InChI is InChI=1S/C18H16N2O3S/c1-23-18(22)13-5-2-12(3-6-13)4-9-17(21)20-15-8-7-14-11-19-24-16(14)10-15/h2-3,5-8,10-11H,4,9H2,1H3,(H,20,21). The minimum Gasteiger partial charge on any atom is -0.465 e. The molecule has 1 amide bonds. The number of fused-ring (bicyclic) bond motifs is 1. The van der Waals surface area contributed by atoms with Gasteiger partial charge in [0.1, 0.15) is 0 Å². The van der Waals surface area contributed by atoms with Crippen LogP contribution in [-0.4, -0.2) is 23.4 Å². The number of hydrogen-bond donors (Lipinski definition) is 1. The molecule has 0 radical (unpaired) electrons. The third-order valence-corrected chi connectivity index (χ3v) is 4.42. The van der Waals surface area contributed by atoms with Gasteiger partial charge < -0.3 is 10.1 Å². The van der Waals surface area contributed by atoms with Gasteiger partial charge in [-0.25, -0.2) is 4.79 Å². The number of esters is 1. The van der Waals surface area contributed by atoms with Crippen LogP contribution in [0, 0.1) is 0 Å². The highest BCUT2D eigenvalue weighted by Crippen LogP contribution is 2.22. The molecule has 0 bridgehead atoms. The largest absolute Gasteiger partial charge is 0.465 e. The summed E-state index contributed by atoms with van der Waals surface area (Å²) < 4.78 is 9.83. The number of nitrogens with zero attached hydrogens (tertiary/aromatic N) is 1. The van der Waals surface area contributed by atoms with E-state index >= 15 is 0 Å². The summed E-state index contributed by atoms with van der Waals surface area (Å²) in [6.07, 6.45) is 2.79. The molecule has 0 spiro atoms. The third kappa shape index (κ3) is 3.78. The lowest BCUT2D eigenvalue weighted by Crippen LogP contribution is -2.12. The lowest BCUT2D eigenvalue weighted by atomic mass is 10.1. The molecule has 2 aromatic carbocycles. The molecule has 0 saturated heterocycles. The Bertz CT molecular complexity index is 871. The molecule has 0 unspecified atom stereocenters. The number of rotatable bonds is 5. The van der Waals surface area contributed by atoms with Crippen LogP contribution in [0.5, 0.6) is 0 Å². The number of nitrogens with one attached hydrogen (secondary N) is 1. The topological polar surface area (TPSA) is 68.3 Å².